The van der Waals surface area contributed by atoms with Crippen LogP contribution < -0.4 is 0 Å². The molecule has 1 aliphatic heterocycles. The van der Waals surface area contributed by atoms with Crippen LogP contribution in [0, 0.1) is 0 Å². The van der Waals surface area contributed by atoms with E-state index in [1.54, 1.807) is 9.80 Å². The lowest BCUT2D eigenvalue weighted by Crippen LogP contribution is -2.40. The molecule has 0 aromatic carbocycles. The lowest BCUT2D eigenvalue weighted by molar-refractivity contribution is -0.131. The number of carbonyl (C=O) groups is 2. The molecule has 7 nitrogen and oxygen atoms in total. The van der Waals surface area contributed by atoms with Crippen molar-refractivity contribution in [3.8, 4) is 0 Å². The van der Waals surface area contributed by atoms with Crippen molar-refractivity contribution in [3.63, 3.8) is 0 Å². The molecular formula is C15H28N2O5S. The number of amides is 2. The van der Waals surface area contributed by atoms with Crippen LogP contribution in [0.5, 0.6) is 0 Å². The summed E-state index contributed by atoms with van der Waals surface area (Å²) in [5.74, 6) is -0.0314. The van der Waals surface area contributed by atoms with Crippen molar-refractivity contribution in [1.29, 1.82) is 0 Å². The molecule has 0 N–H and O–H groups in total. The third kappa shape index (κ3) is 8.20. The normalized spacial score (nSPS) is 16.9. The highest BCUT2D eigenvalue weighted by atomic mass is 32.2. The van der Waals surface area contributed by atoms with Gasteiger partial charge in [0.05, 0.1) is 5.75 Å². The van der Waals surface area contributed by atoms with E-state index >= 15 is 0 Å². The SMILES string of the molecule is CC(C)(C)OC(=O)N1CCCN(C(=O)CCCS(C)(=O)=O)CC1. The minimum absolute atomic E-state index is 0.0244. The zero-order chi connectivity index (χ0) is 17.7. The van der Waals surface area contributed by atoms with Crippen molar-refractivity contribution < 1.29 is 22.7 Å². The summed E-state index contributed by atoms with van der Waals surface area (Å²) >= 11 is 0. The van der Waals surface area contributed by atoms with E-state index in [2.05, 4.69) is 0 Å². The number of ether oxygens (including phenoxy) is 1. The second kappa shape index (κ2) is 7.99. The predicted molar refractivity (Wildman–Crippen MR) is 87.9 cm³/mol. The summed E-state index contributed by atoms with van der Waals surface area (Å²) in [5.41, 5.74) is -0.537. The molecule has 0 spiro atoms. The fraction of sp³-hybridized carbons (Fsp3) is 0.867. The largest absolute Gasteiger partial charge is 0.444 e. The van der Waals surface area contributed by atoms with Gasteiger partial charge in [-0.2, -0.15) is 0 Å². The Hall–Kier alpha value is -1.31. The number of nitrogens with zero attached hydrogens (tertiary/aromatic N) is 2. The first-order chi connectivity index (χ1) is 10.5. The van der Waals surface area contributed by atoms with E-state index in [0.717, 1.165) is 0 Å². The second-order valence-electron chi connectivity index (χ2n) is 6.94. The first-order valence-electron chi connectivity index (χ1n) is 7.91. The molecule has 1 fully saturated rings. The fourth-order valence-electron chi connectivity index (χ4n) is 2.32. The van der Waals surface area contributed by atoms with E-state index in [1.807, 2.05) is 20.8 Å². The highest BCUT2D eigenvalue weighted by molar-refractivity contribution is 7.90. The molecule has 23 heavy (non-hydrogen) atoms. The Morgan fingerprint density at radius 1 is 1.04 bits per heavy atom. The van der Waals surface area contributed by atoms with Crippen LogP contribution >= 0.6 is 0 Å². The van der Waals surface area contributed by atoms with Crippen LogP contribution in [0.4, 0.5) is 4.79 Å². The molecule has 0 bridgehead atoms. The molecule has 1 rings (SSSR count). The second-order valence-corrected chi connectivity index (χ2v) is 9.19. The van der Waals surface area contributed by atoms with Crippen molar-refractivity contribution in [2.24, 2.45) is 0 Å². The van der Waals surface area contributed by atoms with Gasteiger partial charge in [0.1, 0.15) is 15.4 Å². The Morgan fingerprint density at radius 2 is 1.61 bits per heavy atom. The number of carbonyl (C=O) groups excluding carboxylic acids is 2. The van der Waals surface area contributed by atoms with Gasteiger partial charge in [-0.05, 0) is 33.6 Å². The Balaban J connectivity index is 2.45. The summed E-state index contributed by atoms with van der Waals surface area (Å²) in [5, 5.41) is 0. The molecule has 0 radical (unpaired) electrons. The lowest BCUT2D eigenvalue weighted by Gasteiger charge is -2.26. The Labute approximate surface area is 138 Å². The molecule has 1 heterocycles. The fourth-order valence-corrected chi connectivity index (χ4v) is 2.99. The smallest absolute Gasteiger partial charge is 0.410 e. The average molecular weight is 348 g/mol. The van der Waals surface area contributed by atoms with Crippen LogP contribution in [-0.2, 0) is 19.4 Å². The third-order valence-electron chi connectivity index (χ3n) is 3.41. The summed E-state index contributed by atoms with van der Waals surface area (Å²) in [4.78, 5) is 27.5. The molecule has 0 atom stereocenters. The predicted octanol–water partition coefficient (Wildman–Crippen LogP) is 1.28. The van der Waals surface area contributed by atoms with Crippen molar-refractivity contribution in [2.45, 2.75) is 45.6 Å². The van der Waals surface area contributed by atoms with Crippen molar-refractivity contribution >= 4 is 21.8 Å². The molecular weight excluding hydrogens is 320 g/mol. The minimum atomic E-state index is -3.04. The summed E-state index contributed by atoms with van der Waals surface area (Å²) in [6, 6.07) is 0. The molecule has 2 amide bonds. The molecule has 1 saturated heterocycles. The Morgan fingerprint density at radius 3 is 2.17 bits per heavy atom. The topological polar surface area (TPSA) is 84.0 Å². The molecule has 8 heteroatoms. The molecule has 1 aliphatic rings. The molecule has 0 saturated carbocycles. The van der Waals surface area contributed by atoms with E-state index in [9.17, 15) is 18.0 Å². The molecule has 0 aliphatic carbocycles. The Bertz CT molecular complexity index is 524. The Kier molecular flexibility index (Phi) is 6.85. The van der Waals surface area contributed by atoms with Crippen LogP contribution in [0.1, 0.15) is 40.0 Å². The summed E-state index contributed by atoms with van der Waals surface area (Å²) in [7, 11) is -3.04. The molecule has 0 aromatic rings. The maximum atomic E-state index is 12.1. The number of rotatable bonds is 4. The summed E-state index contributed by atoms with van der Waals surface area (Å²) in [6.45, 7) is 7.49. The molecule has 134 valence electrons. The van der Waals surface area contributed by atoms with E-state index in [-0.39, 0.29) is 24.2 Å². The van der Waals surface area contributed by atoms with Crippen molar-refractivity contribution in [2.75, 3.05) is 38.2 Å². The van der Waals surface area contributed by atoms with E-state index < -0.39 is 15.4 Å². The maximum absolute atomic E-state index is 12.1. The highest BCUT2D eigenvalue weighted by Gasteiger charge is 2.25. The summed E-state index contributed by atoms with van der Waals surface area (Å²) in [6.07, 6.45) is 2.06. The highest BCUT2D eigenvalue weighted by Crippen LogP contribution is 2.13. The zero-order valence-corrected chi connectivity index (χ0v) is 15.3. The number of hydrogen-bond donors (Lipinski definition) is 0. The first-order valence-corrected chi connectivity index (χ1v) is 9.97. The van der Waals surface area contributed by atoms with Crippen molar-refractivity contribution in [1.82, 2.24) is 9.80 Å². The van der Waals surface area contributed by atoms with Gasteiger partial charge < -0.3 is 14.5 Å². The minimum Gasteiger partial charge on any atom is -0.444 e. The monoisotopic (exact) mass is 348 g/mol. The average Bonchev–Trinajstić information content (AvgIpc) is 2.60. The van der Waals surface area contributed by atoms with Gasteiger partial charge in [0.15, 0.2) is 0 Å². The van der Waals surface area contributed by atoms with Gasteiger partial charge in [0.25, 0.3) is 0 Å². The number of sulfone groups is 1. The van der Waals surface area contributed by atoms with Gasteiger partial charge in [0, 0.05) is 38.9 Å². The summed E-state index contributed by atoms with van der Waals surface area (Å²) < 4.78 is 27.5. The van der Waals surface area contributed by atoms with Gasteiger partial charge in [-0.15, -0.1) is 0 Å². The van der Waals surface area contributed by atoms with Gasteiger partial charge in [-0.1, -0.05) is 0 Å². The first kappa shape index (κ1) is 19.7. The van der Waals surface area contributed by atoms with Crippen LogP contribution in [0.3, 0.4) is 0 Å². The van der Waals surface area contributed by atoms with Crippen LogP contribution in [0.2, 0.25) is 0 Å². The van der Waals surface area contributed by atoms with Gasteiger partial charge in [-0.3, -0.25) is 4.79 Å². The number of hydrogen-bond acceptors (Lipinski definition) is 5. The molecule has 0 unspecified atom stereocenters. The van der Waals surface area contributed by atoms with Gasteiger partial charge in [-0.25, -0.2) is 13.2 Å². The maximum Gasteiger partial charge on any atom is 0.410 e. The van der Waals surface area contributed by atoms with E-state index in [1.165, 1.54) is 6.26 Å². The van der Waals surface area contributed by atoms with E-state index in [4.69, 9.17) is 4.74 Å². The third-order valence-corrected chi connectivity index (χ3v) is 4.44. The standard InChI is InChI=1S/C15H28N2O5S/c1-15(2,3)22-14(19)17-9-6-8-16(10-11-17)13(18)7-5-12-23(4,20)21/h5-12H2,1-4H3. The van der Waals surface area contributed by atoms with Crippen LogP contribution in [-0.4, -0.2) is 74.0 Å². The quantitative estimate of drug-likeness (QED) is 0.764. The van der Waals surface area contributed by atoms with Gasteiger partial charge in [0.2, 0.25) is 5.91 Å². The van der Waals surface area contributed by atoms with Gasteiger partial charge >= 0.3 is 6.09 Å². The lowest BCUT2D eigenvalue weighted by atomic mass is 10.2. The van der Waals surface area contributed by atoms with Crippen LogP contribution in [0.25, 0.3) is 0 Å². The van der Waals surface area contributed by atoms with Crippen molar-refractivity contribution in [3.05, 3.63) is 0 Å². The zero-order valence-electron chi connectivity index (χ0n) is 14.5. The van der Waals surface area contributed by atoms with E-state index in [0.29, 0.717) is 39.0 Å². The molecule has 0 aromatic heterocycles. The van der Waals surface area contributed by atoms with Crippen LogP contribution in [0.15, 0.2) is 0 Å².